The van der Waals surface area contributed by atoms with Crippen molar-refractivity contribution >= 4 is 36.7 Å². The Labute approximate surface area is 287 Å². The van der Waals surface area contributed by atoms with Gasteiger partial charge in [-0.3, -0.25) is 4.57 Å². The van der Waals surface area contributed by atoms with Gasteiger partial charge >= 0.3 is 6.01 Å². The molecule has 7 heterocycles. The van der Waals surface area contributed by atoms with Gasteiger partial charge in [0.15, 0.2) is 18.0 Å². The van der Waals surface area contributed by atoms with E-state index in [1.165, 1.54) is 0 Å². The van der Waals surface area contributed by atoms with E-state index < -0.39 is 8.07 Å². The highest BCUT2D eigenvalue weighted by Crippen LogP contribution is 2.38. The fourth-order valence-corrected chi connectivity index (χ4v) is 7.58. The highest BCUT2D eigenvalue weighted by atomic mass is 35.5. The van der Waals surface area contributed by atoms with E-state index in [0.29, 0.717) is 59.2 Å². The molecule has 3 aromatic heterocycles. The Hall–Kier alpha value is -2.56. The zero-order valence-corrected chi connectivity index (χ0v) is 30.0. The van der Waals surface area contributed by atoms with Crippen LogP contribution in [0.1, 0.15) is 19.3 Å². The van der Waals surface area contributed by atoms with Crippen molar-refractivity contribution in [1.29, 1.82) is 0 Å². The molecule has 15 heteroatoms. The SMILES string of the molecule is COc1nc(N2CCNCC2)ccc1-c1nc2nc(O[C@@H]3CO[C@H]4[C@@H]3OC[C@H]4OC3CCCCO3)n(COCC[Si](C)(C)C)c2cc1Cl. The van der Waals surface area contributed by atoms with Crippen molar-refractivity contribution in [1.82, 2.24) is 24.8 Å². The van der Waals surface area contributed by atoms with Crippen molar-refractivity contribution < 1.29 is 33.2 Å². The van der Waals surface area contributed by atoms with Crippen LogP contribution in [0.2, 0.25) is 30.7 Å². The highest BCUT2D eigenvalue weighted by Gasteiger charge is 2.50. The maximum absolute atomic E-state index is 6.95. The molecule has 5 atom stereocenters. The Morgan fingerprint density at radius 1 is 1.00 bits per heavy atom. The topological polar surface area (TPSA) is 123 Å². The smallest absolute Gasteiger partial charge is 0.301 e. The number of piperazine rings is 1. The second kappa shape index (κ2) is 14.7. The lowest BCUT2D eigenvalue weighted by Gasteiger charge is -2.28. The number of pyridine rings is 2. The molecule has 0 aromatic carbocycles. The standard InChI is InChI=1S/C33H47ClN6O7Si/c1-41-32-21(8-9-26(36-32)39-12-10-35-11-13-39)28-22(34)17-23-31(37-28)38-33(40(23)20-42-15-16-48(2,3)4)47-25-19-45-29-24(18-44-30(25)29)46-27-7-5-6-14-43-27/h8-9,17,24-25,27,29-30,35H,5-7,10-16,18-20H2,1-4H3/t24-,25-,27?,29-,30-/m1/s1. The predicted octanol–water partition coefficient (Wildman–Crippen LogP) is 4.33. The number of halogens is 1. The van der Waals surface area contributed by atoms with E-state index in [2.05, 4.69) is 29.9 Å². The minimum absolute atomic E-state index is 0.208. The van der Waals surface area contributed by atoms with Gasteiger partial charge in [-0.05, 0) is 43.5 Å². The van der Waals surface area contributed by atoms with Gasteiger partial charge in [0.1, 0.15) is 30.9 Å². The van der Waals surface area contributed by atoms with E-state index in [1.807, 2.05) is 22.8 Å². The molecule has 48 heavy (non-hydrogen) atoms. The lowest BCUT2D eigenvalue weighted by Crippen LogP contribution is -2.43. The Morgan fingerprint density at radius 2 is 1.79 bits per heavy atom. The minimum Gasteiger partial charge on any atom is -0.480 e. The number of nitrogens with one attached hydrogen (secondary N) is 1. The lowest BCUT2D eigenvalue weighted by molar-refractivity contribution is -0.202. The lowest BCUT2D eigenvalue weighted by atomic mass is 10.1. The number of nitrogens with zero attached hydrogens (tertiary/aromatic N) is 5. The number of hydrogen-bond acceptors (Lipinski definition) is 12. The summed E-state index contributed by atoms with van der Waals surface area (Å²) < 4.78 is 44.8. The number of ether oxygens (including phenoxy) is 7. The van der Waals surface area contributed by atoms with Crippen LogP contribution in [0.5, 0.6) is 11.9 Å². The summed E-state index contributed by atoms with van der Waals surface area (Å²) in [4.78, 5) is 16.8. The van der Waals surface area contributed by atoms with Crippen LogP contribution in [0.25, 0.3) is 22.4 Å². The van der Waals surface area contributed by atoms with E-state index >= 15 is 0 Å². The van der Waals surface area contributed by atoms with Crippen LogP contribution < -0.4 is 19.7 Å². The molecule has 1 N–H and O–H groups in total. The molecule has 0 aliphatic carbocycles. The van der Waals surface area contributed by atoms with E-state index in [-0.39, 0.29) is 37.4 Å². The number of anilines is 1. The Morgan fingerprint density at radius 3 is 2.54 bits per heavy atom. The number of rotatable bonds is 12. The fourth-order valence-electron chi connectivity index (χ4n) is 6.57. The van der Waals surface area contributed by atoms with Gasteiger partial charge in [0.25, 0.3) is 0 Å². The third-order valence-electron chi connectivity index (χ3n) is 9.30. The van der Waals surface area contributed by atoms with E-state index in [4.69, 9.17) is 59.7 Å². The summed E-state index contributed by atoms with van der Waals surface area (Å²) in [5.41, 5.74) is 2.40. The van der Waals surface area contributed by atoms with Crippen molar-refractivity contribution in [3.63, 3.8) is 0 Å². The second-order valence-electron chi connectivity index (χ2n) is 14.0. The van der Waals surface area contributed by atoms with Gasteiger partial charge in [0.05, 0.1) is 42.1 Å². The number of methoxy groups -OCH3 is 1. The van der Waals surface area contributed by atoms with Gasteiger partial charge in [0.2, 0.25) is 5.88 Å². The van der Waals surface area contributed by atoms with Crippen molar-refractivity contribution in [2.45, 2.75) is 82.4 Å². The van der Waals surface area contributed by atoms with Crippen molar-refractivity contribution in [3.8, 4) is 23.1 Å². The van der Waals surface area contributed by atoms with Gasteiger partial charge < -0.3 is 43.4 Å². The first-order valence-corrected chi connectivity index (χ1v) is 21.2. The second-order valence-corrected chi connectivity index (χ2v) is 20.0. The van der Waals surface area contributed by atoms with Crippen LogP contribution in [0.3, 0.4) is 0 Å². The summed E-state index contributed by atoms with van der Waals surface area (Å²) in [6.07, 6.45) is 1.70. The first-order chi connectivity index (χ1) is 23.3. The van der Waals surface area contributed by atoms with E-state index in [1.54, 1.807) is 7.11 Å². The molecule has 3 aromatic rings. The first-order valence-electron chi connectivity index (χ1n) is 17.1. The summed E-state index contributed by atoms with van der Waals surface area (Å²) in [6, 6.07) is 7.21. The molecule has 7 rings (SSSR count). The molecular formula is C33H47ClN6O7Si. The molecule has 4 aliphatic rings. The number of fused-ring (bicyclic) bond motifs is 2. The molecule has 0 radical (unpaired) electrons. The van der Waals surface area contributed by atoms with Gasteiger partial charge in [-0.15, -0.1) is 0 Å². The van der Waals surface area contributed by atoms with Crippen molar-refractivity contribution in [2.75, 3.05) is 64.6 Å². The molecule has 4 aliphatic heterocycles. The summed E-state index contributed by atoms with van der Waals surface area (Å²) in [7, 11) is 0.325. The summed E-state index contributed by atoms with van der Waals surface area (Å²) >= 11 is 6.95. The largest absolute Gasteiger partial charge is 0.480 e. The molecule has 4 fully saturated rings. The predicted molar refractivity (Wildman–Crippen MR) is 184 cm³/mol. The molecule has 4 saturated heterocycles. The average Bonchev–Trinajstić information content (AvgIpc) is 3.77. The van der Waals surface area contributed by atoms with E-state index in [0.717, 1.165) is 63.9 Å². The third-order valence-corrected chi connectivity index (χ3v) is 11.3. The molecule has 0 spiro atoms. The molecule has 262 valence electrons. The van der Waals surface area contributed by atoms with Gasteiger partial charge in [-0.25, -0.2) is 4.98 Å². The van der Waals surface area contributed by atoms with Crippen LogP contribution >= 0.6 is 11.6 Å². The highest BCUT2D eigenvalue weighted by molar-refractivity contribution is 6.76. The molecule has 13 nitrogen and oxygen atoms in total. The van der Waals surface area contributed by atoms with Crippen LogP contribution in [0, 0.1) is 0 Å². The average molecular weight is 703 g/mol. The zero-order chi connectivity index (χ0) is 33.3. The number of aromatic nitrogens is 4. The third kappa shape index (κ3) is 7.45. The van der Waals surface area contributed by atoms with Crippen molar-refractivity contribution in [2.24, 2.45) is 0 Å². The maximum Gasteiger partial charge on any atom is 0.301 e. The summed E-state index contributed by atoms with van der Waals surface area (Å²) in [6.45, 7) is 12.9. The monoisotopic (exact) mass is 702 g/mol. The van der Waals surface area contributed by atoms with Crippen LogP contribution in [-0.2, 0) is 30.4 Å². The molecular weight excluding hydrogens is 656 g/mol. The number of hydrogen-bond donors (Lipinski definition) is 1. The molecule has 0 saturated carbocycles. The molecule has 1 unspecified atom stereocenters. The van der Waals surface area contributed by atoms with Crippen LogP contribution in [-0.4, -0.2) is 118 Å². The van der Waals surface area contributed by atoms with E-state index in [9.17, 15) is 0 Å². The van der Waals surface area contributed by atoms with Crippen LogP contribution in [0.4, 0.5) is 5.82 Å². The Kier molecular flexibility index (Phi) is 10.4. The molecule has 0 amide bonds. The fraction of sp³-hybridized carbons (Fsp3) is 0.667. The van der Waals surface area contributed by atoms with Crippen molar-refractivity contribution in [3.05, 3.63) is 23.2 Å². The van der Waals surface area contributed by atoms with Gasteiger partial charge in [0, 0.05) is 47.5 Å². The first kappa shape index (κ1) is 33.9. The summed E-state index contributed by atoms with van der Waals surface area (Å²) in [5.74, 6) is 1.31. The maximum atomic E-state index is 6.95. The summed E-state index contributed by atoms with van der Waals surface area (Å²) in [5, 5.41) is 3.82. The number of imidazole rings is 1. The van der Waals surface area contributed by atoms with Gasteiger partial charge in [-0.2, -0.15) is 9.97 Å². The van der Waals surface area contributed by atoms with Gasteiger partial charge in [-0.1, -0.05) is 31.2 Å². The Balaban J connectivity index is 1.15. The van der Waals surface area contributed by atoms with Crippen LogP contribution in [0.15, 0.2) is 18.2 Å². The Bertz CT molecular complexity index is 1560. The quantitative estimate of drug-likeness (QED) is 0.213. The normalized spacial score (nSPS) is 26.3. The zero-order valence-electron chi connectivity index (χ0n) is 28.3. The minimum atomic E-state index is -1.28. The molecule has 0 bridgehead atoms.